The van der Waals surface area contributed by atoms with Gasteiger partial charge in [0, 0.05) is 22.9 Å². The summed E-state index contributed by atoms with van der Waals surface area (Å²) in [6.07, 6.45) is 1.50. The van der Waals surface area contributed by atoms with E-state index in [1.807, 2.05) is 0 Å². The van der Waals surface area contributed by atoms with Crippen molar-refractivity contribution in [1.29, 1.82) is 0 Å². The molecular weight excluding hydrogens is 441 g/mol. The number of amides is 1. The second kappa shape index (κ2) is 9.23. The minimum Gasteiger partial charge on any atom is -0.463 e. The molecule has 0 bridgehead atoms. The predicted molar refractivity (Wildman–Crippen MR) is 114 cm³/mol. The zero-order chi connectivity index (χ0) is 22.6. The molecule has 0 saturated heterocycles. The fraction of sp³-hybridized carbons (Fsp3) is 0.0909. The van der Waals surface area contributed by atoms with E-state index in [2.05, 4.69) is 20.3 Å². The number of benzene rings is 1. The van der Waals surface area contributed by atoms with Crippen molar-refractivity contribution in [3.63, 3.8) is 0 Å². The number of carbonyl (C=O) groups excluding carboxylic acids is 1. The first-order chi connectivity index (χ1) is 15.4. The predicted octanol–water partition coefficient (Wildman–Crippen LogP) is 5.55. The van der Waals surface area contributed by atoms with Gasteiger partial charge in [0.05, 0.1) is 29.5 Å². The molecule has 0 spiro atoms. The fourth-order valence-corrected chi connectivity index (χ4v) is 3.53. The van der Waals surface area contributed by atoms with Gasteiger partial charge in [0.15, 0.2) is 11.6 Å². The van der Waals surface area contributed by atoms with Crippen LogP contribution in [0.3, 0.4) is 0 Å². The smallest absolute Gasteiger partial charge is 0.416 e. The summed E-state index contributed by atoms with van der Waals surface area (Å²) < 4.78 is 44.9. The summed E-state index contributed by atoms with van der Waals surface area (Å²) in [5, 5.41) is 2.66. The number of nitrogens with zero attached hydrogens (tertiary/aromatic N) is 3. The third-order valence-electron chi connectivity index (χ3n) is 4.28. The lowest BCUT2D eigenvalue weighted by Crippen LogP contribution is -2.15. The van der Waals surface area contributed by atoms with Crippen molar-refractivity contribution in [3.05, 3.63) is 78.9 Å². The van der Waals surface area contributed by atoms with Crippen LogP contribution in [-0.2, 0) is 11.0 Å². The Bertz CT molecular complexity index is 1220. The lowest BCUT2D eigenvalue weighted by atomic mass is 10.0. The summed E-state index contributed by atoms with van der Waals surface area (Å²) in [6, 6.07) is 11.6. The van der Waals surface area contributed by atoms with Crippen molar-refractivity contribution in [2.45, 2.75) is 11.1 Å². The highest BCUT2D eigenvalue weighted by atomic mass is 32.2. The summed E-state index contributed by atoms with van der Waals surface area (Å²) in [5.41, 5.74) is -0.151. The molecule has 0 aliphatic heterocycles. The molecule has 4 aromatic rings. The molecule has 32 heavy (non-hydrogen) atoms. The highest BCUT2D eigenvalue weighted by molar-refractivity contribution is 8.00. The molecule has 1 aromatic carbocycles. The molecule has 10 heteroatoms. The molecule has 0 fully saturated rings. The van der Waals surface area contributed by atoms with E-state index in [0.29, 0.717) is 5.76 Å². The van der Waals surface area contributed by atoms with E-state index >= 15 is 0 Å². The van der Waals surface area contributed by atoms with Crippen molar-refractivity contribution in [2.24, 2.45) is 0 Å². The maximum Gasteiger partial charge on any atom is 0.416 e. The molecule has 1 N–H and O–H groups in total. The highest BCUT2D eigenvalue weighted by Crippen LogP contribution is 2.35. The van der Waals surface area contributed by atoms with E-state index in [9.17, 15) is 18.0 Å². The van der Waals surface area contributed by atoms with Gasteiger partial charge < -0.3 is 9.73 Å². The molecule has 1 amide bonds. The number of alkyl halides is 3. The van der Waals surface area contributed by atoms with Crippen LogP contribution in [0.4, 0.5) is 19.0 Å². The van der Waals surface area contributed by atoms with E-state index in [1.165, 1.54) is 36.4 Å². The Labute approximate surface area is 184 Å². The van der Waals surface area contributed by atoms with E-state index in [0.717, 1.165) is 17.0 Å². The first kappa shape index (κ1) is 21.6. The Kier molecular flexibility index (Phi) is 6.22. The standard InChI is InChI=1S/C22H15F3N4O2S/c23-22(24,25)15-4-1-3-14(11-15)20-21(17-5-2-10-31-17)29-18(12-27-20)28-19(30)13-32-16-6-8-26-9-7-16/h1-12H,13H2,(H,28,29,30). The Morgan fingerprint density at radius 1 is 1.06 bits per heavy atom. The summed E-state index contributed by atoms with van der Waals surface area (Å²) in [6.45, 7) is 0. The number of halogens is 3. The van der Waals surface area contributed by atoms with Crippen LogP contribution in [0.5, 0.6) is 0 Å². The van der Waals surface area contributed by atoms with Gasteiger partial charge in [-0.05, 0) is 36.4 Å². The number of furan rings is 1. The highest BCUT2D eigenvalue weighted by Gasteiger charge is 2.31. The zero-order valence-electron chi connectivity index (χ0n) is 16.3. The molecule has 3 aromatic heterocycles. The van der Waals surface area contributed by atoms with Crippen molar-refractivity contribution in [2.75, 3.05) is 11.1 Å². The number of hydrogen-bond acceptors (Lipinski definition) is 6. The SMILES string of the molecule is O=C(CSc1ccncc1)Nc1cnc(-c2cccc(C(F)(F)F)c2)c(-c2ccco2)n1. The number of rotatable bonds is 6. The van der Waals surface area contributed by atoms with E-state index in [1.54, 1.807) is 36.7 Å². The summed E-state index contributed by atoms with van der Waals surface area (Å²) >= 11 is 1.33. The fourth-order valence-electron chi connectivity index (χ4n) is 2.85. The van der Waals surface area contributed by atoms with E-state index in [4.69, 9.17) is 4.42 Å². The molecule has 0 atom stereocenters. The van der Waals surface area contributed by atoms with Crippen LogP contribution in [-0.4, -0.2) is 26.6 Å². The van der Waals surface area contributed by atoms with Gasteiger partial charge in [-0.25, -0.2) is 9.97 Å². The van der Waals surface area contributed by atoms with Crippen LogP contribution >= 0.6 is 11.8 Å². The number of pyridine rings is 1. The van der Waals surface area contributed by atoms with E-state index < -0.39 is 11.7 Å². The Morgan fingerprint density at radius 3 is 2.59 bits per heavy atom. The van der Waals surface area contributed by atoms with Gasteiger partial charge >= 0.3 is 6.18 Å². The zero-order valence-corrected chi connectivity index (χ0v) is 17.2. The molecule has 0 unspecified atom stereocenters. The van der Waals surface area contributed by atoms with Crippen LogP contribution in [0.1, 0.15) is 5.56 Å². The lowest BCUT2D eigenvalue weighted by molar-refractivity contribution is -0.137. The normalized spacial score (nSPS) is 11.3. The topological polar surface area (TPSA) is 80.9 Å². The number of thioether (sulfide) groups is 1. The monoisotopic (exact) mass is 456 g/mol. The molecule has 0 aliphatic rings. The minimum absolute atomic E-state index is 0.136. The van der Waals surface area contributed by atoms with Gasteiger partial charge in [-0.1, -0.05) is 12.1 Å². The van der Waals surface area contributed by atoms with Gasteiger partial charge in [0.1, 0.15) is 5.69 Å². The Morgan fingerprint density at radius 2 is 1.88 bits per heavy atom. The second-order valence-corrected chi connectivity index (χ2v) is 7.58. The van der Waals surface area contributed by atoms with Crippen molar-refractivity contribution >= 4 is 23.5 Å². The summed E-state index contributed by atoms with van der Waals surface area (Å²) in [7, 11) is 0. The molecule has 0 saturated carbocycles. The van der Waals surface area contributed by atoms with E-state index in [-0.39, 0.29) is 34.4 Å². The Hall–Kier alpha value is -3.66. The van der Waals surface area contributed by atoms with Gasteiger partial charge in [0.25, 0.3) is 0 Å². The molecule has 6 nitrogen and oxygen atoms in total. The van der Waals surface area contributed by atoms with Crippen LogP contribution in [0.2, 0.25) is 0 Å². The number of aromatic nitrogens is 3. The average Bonchev–Trinajstić information content (AvgIpc) is 3.33. The number of anilines is 1. The van der Waals surface area contributed by atoms with Crippen LogP contribution < -0.4 is 5.32 Å². The second-order valence-electron chi connectivity index (χ2n) is 6.53. The molecule has 162 valence electrons. The van der Waals surface area contributed by atoms with Gasteiger partial charge in [-0.2, -0.15) is 13.2 Å². The lowest BCUT2D eigenvalue weighted by Gasteiger charge is -2.12. The van der Waals surface area contributed by atoms with Crippen LogP contribution in [0.15, 0.2) is 82.7 Å². The number of nitrogens with one attached hydrogen (secondary N) is 1. The largest absolute Gasteiger partial charge is 0.463 e. The van der Waals surface area contributed by atoms with Crippen molar-refractivity contribution in [3.8, 4) is 22.7 Å². The third-order valence-corrected chi connectivity index (χ3v) is 5.29. The summed E-state index contributed by atoms with van der Waals surface area (Å²) in [5.74, 6) is 0.301. The van der Waals surface area contributed by atoms with Crippen LogP contribution in [0.25, 0.3) is 22.7 Å². The van der Waals surface area contributed by atoms with Gasteiger partial charge in [0.2, 0.25) is 5.91 Å². The number of hydrogen-bond donors (Lipinski definition) is 1. The third kappa shape index (κ3) is 5.14. The molecule has 0 aliphatic carbocycles. The first-order valence-electron chi connectivity index (χ1n) is 9.31. The maximum absolute atomic E-state index is 13.2. The van der Waals surface area contributed by atoms with Crippen molar-refractivity contribution in [1.82, 2.24) is 15.0 Å². The molecule has 0 radical (unpaired) electrons. The maximum atomic E-state index is 13.2. The first-order valence-corrected chi connectivity index (χ1v) is 10.3. The molecular formula is C22H15F3N4O2S. The number of carbonyl (C=O) groups is 1. The summed E-state index contributed by atoms with van der Waals surface area (Å²) in [4.78, 5) is 25.8. The van der Waals surface area contributed by atoms with Gasteiger partial charge in [-0.15, -0.1) is 11.8 Å². The Balaban J connectivity index is 1.60. The molecule has 3 heterocycles. The average molecular weight is 456 g/mol. The minimum atomic E-state index is -4.49. The van der Waals surface area contributed by atoms with Crippen molar-refractivity contribution < 1.29 is 22.4 Å². The molecule has 4 rings (SSSR count). The quantitative estimate of drug-likeness (QED) is 0.383. The van der Waals surface area contributed by atoms with Gasteiger partial charge in [-0.3, -0.25) is 9.78 Å². The van der Waals surface area contributed by atoms with Crippen LogP contribution in [0, 0.1) is 0 Å².